The van der Waals surface area contributed by atoms with E-state index in [1.54, 1.807) is 0 Å². The lowest BCUT2D eigenvalue weighted by Crippen LogP contribution is -2.36. The van der Waals surface area contributed by atoms with E-state index in [4.69, 9.17) is 4.74 Å². The average Bonchev–Trinajstić information content (AvgIpc) is 2.03. The molecule has 0 amide bonds. The first-order valence-corrected chi connectivity index (χ1v) is 3.58. The van der Waals surface area contributed by atoms with Crippen LogP contribution in [-0.4, -0.2) is 44.0 Å². The molecule has 0 N–H and O–H groups in total. The Kier molecular flexibility index (Phi) is 3.40. The van der Waals surface area contributed by atoms with Crippen LogP contribution in [-0.2, 0) is 9.53 Å². The fourth-order valence-electron chi connectivity index (χ4n) is 1.03. The van der Waals surface area contributed by atoms with Gasteiger partial charge in [-0.15, -0.1) is 0 Å². The molecule has 1 aliphatic heterocycles. The fraction of sp³-hybridized carbons (Fsp3) is 0.857. The minimum atomic E-state index is 0.528. The van der Waals surface area contributed by atoms with Crippen molar-refractivity contribution in [3.05, 3.63) is 0 Å². The lowest BCUT2D eigenvalue weighted by Gasteiger charge is -2.25. The van der Waals surface area contributed by atoms with Gasteiger partial charge in [-0.25, -0.2) is 0 Å². The first-order valence-electron chi connectivity index (χ1n) is 3.58. The molecule has 57 valence electrons. The van der Waals surface area contributed by atoms with E-state index in [9.17, 15) is 4.79 Å². The topological polar surface area (TPSA) is 29.5 Å². The maximum atomic E-state index is 9.86. The first-order chi connectivity index (χ1) is 4.93. The van der Waals surface area contributed by atoms with Crippen molar-refractivity contribution >= 4 is 6.29 Å². The SMILES string of the molecule is O=[C]CCN1CCOCC1. The van der Waals surface area contributed by atoms with Gasteiger partial charge in [-0.2, -0.15) is 0 Å². The van der Waals surface area contributed by atoms with E-state index in [0.29, 0.717) is 6.42 Å². The molecule has 0 spiro atoms. The van der Waals surface area contributed by atoms with E-state index < -0.39 is 0 Å². The van der Waals surface area contributed by atoms with Crippen molar-refractivity contribution in [3.8, 4) is 0 Å². The summed E-state index contributed by atoms with van der Waals surface area (Å²) in [5, 5.41) is 0. The molecule has 0 aromatic rings. The summed E-state index contributed by atoms with van der Waals surface area (Å²) in [7, 11) is 0. The molecule has 0 saturated carbocycles. The molecule has 10 heavy (non-hydrogen) atoms. The van der Waals surface area contributed by atoms with Crippen molar-refractivity contribution in [2.75, 3.05) is 32.8 Å². The largest absolute Gasteiger partial charge is 0.379 e. The van der Waals surface area contributed by atoms with Crippen molar-refractivity contribution in [3.63, 3.8) is 0 Å². The van der Waals surface area contributed by atoms with Crippen molar-refractivity contribution in [1.82, 2.24) is 4.90 Å². The number of carbonyl (C=O) groups excluding carboxylic acids is 1. The van der Waals surface area contributed by atoms with E-state index in [0.717, 1.165) is 32.8 Å². The van der Waals surface area contributed by atoms with Crippen LogP contribution < -0.4 is 0 Å². The molecule has 0 aromatic heterocycles. The smallest absolute Gasteiger partial charge is 0.199 e. The van der Waals surface area contributed by atoms with Gasteiger partial charge in [0.25, 0.3) is 0 Å². The van der Waals surface area contributed by atoms with Crippen LogP contribution >= 0.6 is 0 Å². The van der Waals surface area contributed by atoms with Crippen molar-refractivity contribution in [2.24, 2.45) is 0 Å². The molecule has 1 aliphatic rings. The minimum Gasteiger partial charge on any atom is -0.379 e. The molecule has 0 unspecified atom stereocenters. The second-order valence-corrected chi connectivity index (χ2v) is 2.35. The predicted octanol–water partition coefficient (Wildman–Crippen LogP) is -0.182. The molecule has 3 nitrogen and oxygen atoms in total. The third-order valence-corrected chi connectivity index (χ3v) is 1.63. The summed E-state index contributed by atoms with van der Waals surface area (Å²) >= 11 is 0. The Bertz CT molecular complexity index is 99.8. The molecule has 0 atom stereocenters. The zero-order chi connectivity index (χ0) is 7.23. The lowest BCUT2D eigenvalue weighted by molar-refractivity contribution is 0.0391. The number of nitrogens with zero attached hydrogens (tertiary/aromatic N) is 1. The van der Waals surface area contributed by atoms with Crippen LogP contribution in [0.4, 0.5) is 0 Å². The van der Waals surface area contributed by atoms with Crippen molar-refractivity contribution in [1.29, 1.82) is 0 Å². The van der Waals surface area contributed by atoms with Gasteiger partial charge in [0.1, 0.15) is 0 Å². The summed E-state index contributed by atoms with van der Waals surface area (Å²) in [4.78, 5) is 12.1. The highest BCUT2D eigenvalue weighted by Crippen LogP contribution is 1.96. The highest BCUT2D eigenvalue weighted by molar-refractivity contribution is 5.50. The third kappa shape index (κ3) is 2.45. The van der Waals surface area contributed by atoms with Gasteiger partial charge in [0.05, 0.1) is 13.2 Å². The number of rotatable bonds is 3. The van der Waals surface area contributed by atoms with E-state index >= 15 is 0 Å². The van der Waals surface area contributed by atoms with Crippen LogP contribution in [0.2, 0.25) is 0 Å². The van der Waals surface area contributed by atoms with Crippen LogP contribution in [0.5, 0.6) is 0 Å². The average molecular weight is 142 g/mol. The summed E-state index contributed by atoms with van der Waals surface area (Å²) in [6, 6.07) is 0. The maximum absolute atomic E-state index is 9.86. The van der Waals surface area contributed by atoms with Crippen LogP contribution in [0.1, 0.15) is 6.42 Å². The maximum Gasteiger partial charge on any atom is 0.199 e. The van der Waals surface area contributed by atoms with E-state index in [1.807, 2.05) is 6.29 Å². The van der Waals surface area contributed by atoms with Gasteiger partial charge in [-0.05, 0) is 0 Å². The second kappa shape index (κ2) is 4.41. The van der Waals surface area contributed by atoms with Crippen LogP contribution in [0.15, 0.2) is 0 Å². The summed E-state index contributed by atoms with van der Waals surface area (Å²) in [5.41, 5.74) is 0. The monoisotopic (exact) mass is 142 g/mol. The molecule has 1 rings (SSSR count). The molecule has 0 bridgehead atoms. The van der Waals surface area contributed by atoms with E-state index in [1.165, 1.54) is 0 Å². The molecule has 1 radical (unpaired) electrons. The van der Waals surface area contributed by atoms with Crippen LogP contribution in [0.3, 0.4) is 0 Å². The molecular formula is C7H12NO2. The molecule has 0 aromatic carbocycles. The zero-order valence-electron chi connectivity index (χ0n) is 6.01. The van der Waals surface area contributed by atoms with Crippen LogP contribution in [0, 0.1) is 0 Å². The summed E-state index contributed by atoms with van der Waals surface area (Å²) < 4.78 is 5.14. The molecule has 0 aliphatic carbocycles. The Morgan fingerprint density at radius 1 is 1.40 bits per heavy atom. The first kappa shape index (κ1) is 7.69. The summed E-state index contributed by atoms with van der Waals surface area (Å²) in [6.45, 7) is 4.37. The van der Waals surface area contributed by atoms with Crippen LogP contribution in [0.25, 0.3) is 0 Å². The highest BCUT2D eigenvalue weighted by atomic mass is 16.5. The normalized spacial score (nSPS) is 20.8. The van der Waals surface area contributed by atoms with Gasteiger partial charge in [0, 0.05) is 26.1 Å². The van der Waals surface area contributed by atoms with Gasteiger partial charge >= 0.3 is 0 Å². The summed E-state index contributed by atoms with van der Waals surface area (Å²) in [5.74, 6) is 0. The number of hydrogen-bond acceptors (Lipinski definition) is 3. The molecule has 3 heteroatoms. The predicted molar refractivity (Wildman–Crippen MR) is 37.6 cm³/mol. The minimum absolute atomic E-state index is 0.528. The number of morpholine rings is 1. The molecular weight excluding hydrogens is 130 g/mol. The summed E-state index contributed by atoms with van der Waals surface area (Å²) in [6.07, 6.45) is 2.41. The third-order valence-electron chi connectivity index (χ3n) is 1.63. The van der Waals surface area contributed by atoms with Crippen molar-refractivity contribution in [2.45, 2.75) is 6.42 Å². The molecule has 1 fully saturated rings. The lowest BCUT2D eigenvalue weighted by atomic mass is 10.3. The number of ether oxygens (including phenoxy) is 1. The molecule has 1 heterocycles. The van der Waals surface area contributed by atoms with Gasteiger partial charge < -0.3 is 4.74 Å². The quantitative estimate of drug-likeness (QED) is 0.547. The van der Waals surface area contributed by atoms with Gasteiger partial charge in [-0.1, -0.05) is 0 Å². The Morgan fingerprint density at radius 3 is 2.70 bits per heavy atom. The zero-order valence-corrected chi connectivity index (χ0v) is 6.01. The Hall–Kier alpha value is -0.410. The Morgan fingerprint density at radius 2 is 2.10 bits per heavy atom. The number of hydrogen-bond donors (Lipinski definition) is 0. The van der Waals surface area contributed by atoms with Gasteiger partial charge in [0.2, 0.25) is 0 Å². The Balaban J connectivity index is 2.07. The Labute approximate surface area is 61.0 Å². The highest BCUT2D eigenvalue weighted by Gasteiger charge is 2.08. The molecule has 1 saturated heterocycles. The van der Waals surface area contributed by atoms with Gasteiger partial charge in [0.15, 0.2) is 6.29 Å². The van der Waals surface area contributed by atoms with Gasteiger partial charge in [-0.3, -0.25) is 9.69 Å². The fourth-order valence-corrected chi connectivity index (χ4v) is 1.03. The van der Waals surface area contributed by atoms with E-state index in [-0.39, 0.29) is 0 Å². The van der Waals surface area contributed by atoms with E-state index in [2.05, 4.69) is 4.90 Å². The standard InChI is InChI=1S/C7H12NO2/c9-5-1-2-8-3-6-10-7-4-8/h1-4,6-7H2. The van der Waals surface area contributed by atoms with Crippen molar-refractivity contribution < 1.29 is 9.53 Å². The second-order valence-electron chi connectivity index (χ2n) is 2.35.